The van der Waals surface area contributed by atoms with E-state index in [0.29, 0.717) is 0 Å². The molecule has 0 heterocycles. The molecule has 0 N–H and O–H groups in total. The Morgan fingerprint density at radius 1 is 0.711 bits per heavy atom. The molecule has 0 radical (unpaired) electrons. The highest BCUT2D eigenvalue weighted by molar-refractivity contribution is 7.41. The van der Waals surface area contributed by atoms with Crippen molar-refractivity contribution in [3.63, 3.8) is 0 Å². The van der Waals surface area contributed by atoms with E-state index in [1.807, 2.05) is 0 Å². The van der Waals surface area contributed by atoms with E-state index >= 15 is 0 Å². The van der Waals surface area contributed by atoms with Crippen LogP contribution in [-0.2, 0) is 10.8 Å². The van der Waals surface area contributed by atoms with Crippen LogP contribution in [-0.4, -0.2) is 15.2 Å². The highest BCUT2D eigenvalue weighted by Crippen LogP contribution is 2.61. The molecule has 6 atom stereocenters. The number of rotatable bonds is 7. The van der Waals surface area contributed by atoms with Gasteiger partial charge in [-0.25, -0.2) is 0 Å². The molecule has 1 aromatic carbocycles. The molecule has 4 rings (SSSR count). The fourth-order valence-corrected chi connectivity index (χ4v) is 23.4. The number of hydrogen-bond donors (Lipinski definition) is 0. The second-order valence-electron chi connectivity index (χ2n) is 17.4. The van der Waals surface area contributed by atoms with Crippen molar-refractivity contribution < 1.29 is 0 Å². The molecule has 6 unspecified atom stereocenters. The van der Waals surface area contributed by atoms with Crippen molar-refractivity contribution in [2.75, 3.05) is 0 Å². The third-order valence-corrected chi connectivity index (χ3v) is 33.4. The van der Waals surface area contributed by atoms with Crippen LogP contribution in [0.4, 0.5) is 0 Å². The summed E-state index contributed by atoms with van der Waals surface area (Å²) in [6, 6.07) is 7.82. The van der Waals surface area contributed by atoms with Gasteiger partial charge in [-0.05, 0) is 75.1 Å². The van der Waals surface area contributed by atoms with Crippen LogP contribution in [0.5, 0.6) is 0 Å². The average Bonchev–Trinajstić information content (AvgIpc) is 3.49. The minimum absolute atomic E-state index is 0.211. The summed E-state index contributed by atoms with van der Waals surface area (Å²) in [5, 5.41) is 0. The third-order valence-electron chi connectivity index (χ3n) is 12.7. The summed E-state index contributed by atoms with van der Waals surface area (Å²) in [5.41, 5.74) is 7.43. The van der Waals surface area contributed by atoms with Gasteiger partial charge < -0.3 is 0 Å². The Bertz CT molecular complexity index is 911. The van der Waals surface area contributed by atoms with Crippen molar-refractivity contribution in [2.24, 2.45) is 17.8 Å². The van der Waals surface area contributed by atoms with Gasteiger partial charge in [0, 0.05) is 15.2 Å². The zero-order chi connectivity index (χ0) is 28.1. The highest BCUT2D eigenvalue weighted by atomic mass is 29.3. The van der Waals surface area contributed by atoms with Crippen LogP contribution in [0, 0.1) is 17.8 Å². The van der Waals surface area contributed by atoms with Crippen molar-refractivity contribution in [1.82, 2.24) is 0 Å². The van der Waals surface area contributed by atoms with Crippen LogP contribution in [0.1, 0.15) is 142 Å². The molecule has 1 aromatic rings. The number of fused-ring (bicyclic) bond motifs is 1. The lowest BCUT2D eigenvalue weighted by atomic mass is 9.69. The zero-order valence-corrected chi connectivity index (χ0v) is 29.5. The van der Waals surface area contributed by atoms with Crippen molar-refractivity contribution >= 4 is 15.2 Å². The SMILES string of the molecule is CCCCC1CCC([Si](C)(C)[Si](C)(C)C2CCC3C(c4cc(C(C)(C)C)cc(C(C)(C)C)c4)CCCC32)C1. The Kier molecular flexibility index (Phi) is 8.98. The Balaban J connectivity index is 1.58. The van der Waals surface area contributed by atoms with Crippen LogP contribution in [0.15, 0.2) is 18.2 Å². The van der Waals surface area contributed by atoms with Crippen LogP contribution < -0.4 is 0 Å². The van der Waals surface area contributed by atoms with Gasteiger partial charge in [-0.3, -0.25) is 0 Å². The molecule has 3 saturated carbocycles. The predicted molar refractivity (Wildman–Crippen MR) is 176 cm³/mol. The molecule has 3 aliphatic rings. The molecule has 0 spiro atoms. The van der Waals surface area contributed by atoms with Crippen molar-refractivity contribution in [3.05, 3.63) is 34.9 Å². The molecule has 3 aliphatic carbocycles. The van der Waals surface area contributed by atoms with E-state index in [2.05, 4.69) is 92.9 Å². The molecule has 0 saturated heterocycles. The molecule has 0 aliphatic heterocycles. The molecular formula is C36H64Si2. The predicted octanol–water partition coefficient (Wildman–Crippen LogP) is 11.8. The summed E-state index contributed by atoms with van der Waals surface area (Å²) in [6.07, 6.45) is 16.5. The quantitative estimate of drug-likeness (QED) is 0.295. The normalized spacial score (nSPS) is 31.0. The maximum absolute atomic E-state index is 2.90. The van der Waals surface area contributed by atoms with E-state index in [4.69, 9.17) is 0 Å². The number of unbranched alkanes of at least 4 members (excludes halogenated alkanes) is 1. The molecule has 3 fully saturated rings. The van der Waals surface area contributed by atoms with E-state index in [0.717, 1.165) is 34.8 Å². The second kappa shape index (κ2) is 11.1. The highest BCUT2D eigenvalue weighted by Gasteiger charge is 2.57. The maximum Gasteiger partial charge on any atom is 0.0448 e. The van der Waals surface area contributed by atoms with Gasteiger partial charge >= 0.3 is 0 Å². The summed E-state index contributed by atoms with van der Waals surface area (Å²) in [7, 11) is -2.56. The molecule has 0 amide bonds. The van der Waals surface area contributed by atoms with Gasteiger partial charge in [0.15, 0.2) is 0 Å². The summed E-state index contributed by atoms with van der Waals surface area (Å²) < 4.78 is 0. The molecule has 38 heavy (non-hydrogen) atoms. The third kappa shape index (κ3) is 5.97. The summed E-state index contributed by atoms with van der Waals surface area (Å²) in [6.45, 7) is 28.4. The summed E-state index contributed by atoms with van der Waals surface area (Å²) in [4.78, 5) is 0. The molecule has 2 heteroatoms. The molecule has 0 nitrogen and oxygen atoms in total. The van der Waals surface area contributed by atoms with Crippen molar-refractivity contribution in [1.29, 1.82) is 0 Å². The standard InChI is InChI=1S/C36H64Si2/c1-12-13-15-26-18-19-30(22-26)37(8,9)38(10,11)34-21-20-32-31(16-14-17-33(32)34)27-23-28(35(2,3)4)25-29(24-27)36(5,6)7/h23-26,30-34H,12-22H2,1-11H3. The fourth-order valence-electron chi connectivity index (χ4n) is 9.33. The van der Waals surface area contributed by atoms with Gasteiger partial charge in [-0.15, -0.1) is 0 Å². The lowest BCUT2D eigenvalue weighted by Crippen LogP contribution is -2.61. The van der Waals surface area contributed by atoms with Crippen LogP contribution in [0.3, 0.4) is 0 Å². The first-order chi connectivity index (χ1) is 17.6. The summed E-state index contributed by atoms with van der Waals surface area (Å²) >= 11 is 0. The minimum Gasteiger partial charge on any atom is -0.0711 e. The molecular weight excluding hydrogens is 489 g/mol. The van der Waals surface area contributed by atoms with E-state index in [1.54, 1.807) is 42.4 Å². The van der Waals surface area contributed by atoms with E-state index in [9.17, 15) is 0 Å². The lowest BCUT2D eigenvalue weighted by Gasteiger charge is -2.50. The summed E-state index contributed by atoms with van der Waals surface area (Å²) in [5.74, 6) is 3.80. The van der Waals surface area contributed by atoms with Crippen LogP contribution in [0.25, 0.3) is 0 Å². The monoisotopic (exact) mass is 552 g/mol. The molecule has 0 bridgehead atoms. The van der Waals surface area contributed by atoms with Gasteiger partial charge in [0.25, 0.3) is 0 Å². The average molecular weight is 553 g/mol. The fraction of sp³-hybridized carbons (Fsp3) is 0.833. The van der Waals surface area contributed by atoms with Gasteiger partial charge in [-0.2, -0.15) is 0 Å². The van der Waals surface area contributed by atoms with Crippen LogP contribution >= 0.6 is 0 Å². The minimum atomic E-state index is -1.31. The van der Waals surface area contributed by atoms with Gasteiger partial charge in [-0.1, -0.05) is 151 Å². The molecule has 216 valence electrons. The Labute approximate surface area is 240 Å². The topological polar surface area (TPSA) is 0 Å². The maximum atomic E-state index is 2.90. The Hall–Kier alpha value is -0.346. The van der Waals surface area contributed by atoms with Gasteiger partial charge in [0.2, 0.25) is 0 Å². The van der Waals surface area contributed by atoms with Gasteiger partial charge in [0.05, 0.1) is 0 Å². The Morgan fingerprint density at radius 2 is 1.34 bits per heavy atom. The zero-order valence-electron chi connectivity index (χ0n) is 27.5. The first-order valence-corrected chi connectivity index (χ1v) is 23.9. The van der Waals surface area contributed by atoms with E-state index < -0.39 is 15.2 Å². The first kappa shape index (κ1) is 30.6. The lowest BCUT2D eigenvalue weighted by molar-refractivity contribution is 0.236. The van der Waals surface area contributed by atoms with Crippen molar-refractivity contribution in [2.45, 2.75) is 173 Å². The van der Waals surface area contributed by atoms with E-state index in [-0.39, 0.29) is 10.8 Å². The smallest absolute Gasteiger partial charge is 0.0448 e. The first-order valence-electron chi connectivity index (χ1n) is 16.7. The molecule has 0 aromatic heterocycles. The number of benzene rings is 1. The second-order valence-corrected chi connectivity index (χ2v) is 33.5. The Morgan fingerprint density at radius 3 is 1.92 bits per heavy atom. The van der Waals surface area contributed by atoms with Gasteiger partial charge in [0.1, 0.15) is 0 Å². The van der Waals surface area contributed by atoms with Crippen LogP contribution in [0.2, 0.25) is 37.3 Å². The van der Waals surface area contributed by atoms with E-state index in [1.165, 1.54) is 44.9 Å². The number of hydrogen-bond acceptors (Lipinski definition) is 0. The van der Waals surface area contributed by atoms with Crippen molar-refractivity contribution in [3.8, 4) is 0 Å². The largest absolute Gasteiger partial charge is 0.0711 e.